The van der Waals surface area contributed by atoms with Crippen LogP contribution in [-0.2, 0) is 4.79 Å². The smallest absolute Gasteiger partial charge is 0.411 e. The molecule has 0 aromatic heterocycles. The molecule has 0 saturated carbocycles. The van der Waals surface area contributed by atoms with Gasteiger partial charge in [-0.3, -0.25) is 4.79 Å². The fourth-order valence-electron chi connectivity index (χ4n) is 1.29. The first-order valence-corrected chi connectivity index (χ1v) is 5.51. The number of carboxylic acids is 1. The molecule has 0 bridgehead atoms. The van der Waals surface area contributed by atoms with Gasteiger partial charge in [-0.25, -0.2) is 9.18 Å². The highest BCUT2D eigenvalue weighted by molar-refractivity contribution is 6.31. The molecule has 22 heavy (non-hydrogen) atoms. The van der Waals surface area contributed by atoms with Gasteiger partial charge in [-0.1, -0.05) is 11.6 Å². The SMILES string of the molecule is O=C(O)C(F)(F)C(F)(F)C(F)(F)C(=O)c1ccc(F)c(Cl)c1. The number of halogens is 8. The quantitative estimate of drug-likeness (QED) is 0.650. The number of benzene rings is 1. The Hall–Kier alpha value is -1.84. The topological polar surface area (TPSA) is 54.4 Å². The second-order valence-corrected chi connectivity index (χ2v) is 4.39. The Kier molecular flexibility index (Phi) is 4.48. The van der Waals surface area contributed by atoms with Gasteiger partial charge in [0.05, 0.1) is 5.02 Å². The van der Waals surface area contributed by atoms with Gasteiger partial charge in [0.2, 0.25) is 5.78 Å². The Labute approximate surface area is 122 Å². The maximum absolute atomic E-state index is 13.4. The number of aliphatic carboxylic acids is 1. The van der Waals surface area contributed by atoms with Gasteiger partial charge >= 0.3 is 23.7 Å². The molecule has 11 heteroatoms. The number of hydrogen-bond donors (Lipinski definition) is 1. The average molecular weight is 353 g/mol. The Morgan fingerprint density at radius 1 is 1.00 bits per heavy atom. The number of carbonyl (C=O) groups is 2. The van der Waals surface area contributed by atoms with Crippen LogP contribution in [0.5, 0.6) is 0 Å². The molecule has 1 aromatic carbocycles. The number of carbonyl (C=O) groups excluding carboxylic acids is 1. The summed E-state index contributed by atoms with van der Waals surface area (Å²) in [5, 5.41) is 7.03. The first-order valence-electron chi connectivity index (χ1n) is 5.13. The first-order chi connectivity index (χ1) is 9.76. The van der Waals surface area contributed by atoms with Crippen molar-refractivity contribution in [1.29, 1.82) is 0 Å². The molecule has 0 aliphatic rings. The molecule has 122 valence electrons. The summed E-state index contributed by atoms with van der Waals surface area (Å²) in [5.74, 6) is -26.4. The largest absolute Gasteiger partial charge is 0.477 e. The lowest BCUT2D eigenvalue weighted by Gasteiger charge is -2.29. The van der Waals surface area contributed by atoms with Crippen molar-refractivity contribution in [2.45, 2.75) is 17.8 Å². The van der Waals surface area contributed by atoms with Crippen LogP contribution in [0.15, 0.2) is 18.2 Å². The van der Waals surface area contributed by atoms with Gasteiger partial charge in [0.15, 0.2) is 0 Å². The van der Waals surface area contributed by atoms with Crippen molar-refractivity contribution in [2.24, 2.45) is 0 Å². The van der Waals surface area contributed by atoms with E-state index in [0.717, 1.165) is 0 Å². The molecule has 0 aliphatic heterocycles. The fraction of sp³-hybridized carbons (Fsp3) is 0.273. The molecule has 0 radical (unpaired) electrons. The number of ketones is 1. The molecule has 0 unspecified atom stereocenters. The molecular formula is C11H4ClF7O3. The predicted molar refractivity (Wildman–Crippen MR) is 58.2 cm³/mol. The van der Waals surface area contributed by atoms with Crippen LogP contribution in [0.25, 0.3) is 0 Å². The van der Waals surface area contributed by atoms with E-state index in [1.165, 1.54) is 0 Å². The van der Waals surface area contributed by atoms with Crippen molar-refractivity contribution < 1.29 is 45.4 Å². The summed E-state index contributed by atoms with van der Waals surface area (Å²) >= 11 is 5.16. The van der Waals surface area contributed by atoms with E-state index in [1.54, 1.807) is 0 Å². The van der Waals surface area contributed by atoms with Gasteiger partial charge < -0.3 is 5.11 Å². The molecular weight excluding hydrogens is 349 g/mol. The minimum Gasteiger partial charge on any atom is -0.477 e. The number of alkyl halides is 6. The van der Waals surface area contributed by atoms with E-state index in [2.05, 4.69) is 0 Å². The third kappa shape index (κ3) is 2.62. The van der Waals surface area contributed by atoms with Gasteiger partial charge in [-0.2, -0.15) is 26.3 Å². The molecule has 0 heterocycles. The van der Waals surface area contributed by atoms with Crippen LogP contribution in [0.2, 0.25) is 5.02 Å². The Bertz CT molecular complexity index is 630. The summed E-state index contributed by atoms with van der Waals surface area (Å²) in [6.45, 7) is 0. The molecule has 0 atom stereocenters. The highest BCUT2D eigenvalue weighted by Gasteiger charge is 2.78. The molecule has 1 rings (SSSR count). The third-order valence-corrected chi connectivity index (χ3v) is 2.81. The lowest BCUT2D eigenvalue weighted by molar-refractivity contribution is -0.285. The Morgan fingerprint density at radius 2 is 1.50 bits per heavy atom. The maximum atomic E-state index is 13.4. The van der Waals surface area contributed by atoms with Crippen molar-refractivity contribution in [3.63, 3.8) is 0 Å². The number of Topliss-reactive ketones (excluding diaryl/α,β-unsaturated/α-hetero) is 1. The molecule has 0 aliphatic carbocycles. The van der Waals surface area contributed by atoms with E-state index in [4.69, 9.17) is 16.7 Å². The van der Waals surface area contributed by atoms with Crippen LogP contribution >= 0.6 is 11.6 Å². The molecule has 1 N–H and O–H groups in total. The zero-order chi connectivity index (χ0) is 17.5. The van der Waals surface area contributed by atoms with Crippen molar-refractivity contribution in [2.75, 3.05) is 0 Å². The van der Waals surface area contributed by atoms with Crippen LogP contribution in [0.1, 0.15) is 10.4 Å². The van der Waals surface area contributed by atoms with Crippen LogP contribution in [0, 0.1) is 5.82 Å². The van der Waals surface area contributed by atoms with E-state index >= 15 is 0 Å². The Balaban J connectivity index is 3.35. The minimum absolute atomic E-state index is 0.224. The van der Waals surface area contributed by atoms with Crippen molar-refractivity contribution >= 4 is 23.4 Å². The molecule has 0 saturated heterocycles. The highest BCUT2D eigenvalue weighted by Crippen LogP contribution is 2.47. The molecule has 1 aromatic rings. The Morgan fingerprint density at radius 3 is 1.91 bits per heavy atom. The predicted octanol–water partition coefficient (Wildman–Crippen LogP) is 3.65. The van der Waals surface area contributed by atoms with E-state index in [9.17, 15) is 40.3 Å². The second kappa shape index (κ2) is 5.41. The van der Waals surface area contributed by atoms with Crippen molar-refractivity contribution in [3.05, 3.63) is 34.6 Å². The van der Waals surface area contributed by atoms with Crippen LogP contribution in [0.3, 0.4) is 0 Å². The fourth-order valence-corrected chi connectivity index (χ4v) is 1.47. The first kappa shape index (κ1) is 18.2. The summed E-state index contributed by atoms with van der Waals surface area (Å²) in [5.41, 5.74) is -1.29. The second-order valence-electron chi connectivity index (χ2n) is 3.99. The summed E-state index contributed by atoms with van der Waals surface area (Å²) in [4.78, 5) is 21.3. The summed E-state index contributed by atoms with van der Waals surface area (Å²) in [6, 6.07) is 0.910. The molecule has 0 amide bonds. The van der Waals surface area contributed by atoms with Gasteiger partial charge in [-0.05, 0) is 18.2 Å². The molecule has 3 nitrogen and oxygen atoms in total. The van der Waals surface area contributed by atoms with E-state index in [0.29, 0.717) is 12.1 Å². The molecule has 0 fully saturated rings. The van der Waals surface area contributed by atoms with Gasteiger partial charge in [-0.15, -0.1) is 0 Å². The number of rotatable bonds is 5. The van der Waals surface area contributed by atoms with Crippen LogP contribution in [0.4, 0.5) is 30.7 Å². The average Bonchev–Trinajstić information content (AvgIpc) is 2.40. The lowest BCUT2D eigenvalue weighted by atomic mass is 9.96. The maximum Gasteiger partial charge on any atom is 0.411 e. The normalized spacial score (nSPS) is 13.1. The van der Waals surface area contributed by atoms with E-state index < -0.39 is 45.9 Å². The van der Waals surface area contributed by atoms with Gasteiger partial charge in [0, 0.05) is 5.56 Å². The van der Waals surface area contributed by atoms with Crippen LogP contribution in [-0.4, -0.2) is 34.6 Å². The lowest BCUT2D eigenvalue weighted by Crippen LogP contribution is -2.60. The van der Waals surface area contributed by atoms with Gasteiger partial charge in [0.25, 0.3) is 0 Å². The summed E-state index contributed by atoms with van der Waals surface area (Å²) < 4.78 is 91.4. The highest BCUT2D eigenvalue weighted by atomic mass is 35.5. The van der Waals surface area contributed by atoms with Crippen LogP contribution < -0.4 is 0 Å². The zero-order valence-electron chi connectivity index (χ0n) is 10.0. The van der Waals surface area contributed by atoms with Gasteiger partial charge in [0.1, 0.15) is 5.82 Å². The number of hydrogen-bond acceptors (Lipinski definition) is 2. The summed E-state index contributed by atoms with van der Waals surface area (Å²) in [7, 11) is 0. The van der Waals surface area contributed by atoms with E-state index in [-0.39, 0.29) is 6.07 Å². The zero-order valence-corrected chi connectivity index (χ0v) is 10.8. The monoisotopic (exact) mass is 352 g/mol. The minimum atomic E-state index is -6.52. The standard InChI is InChI=1S/C11H4ClF7O3/c12-5-3-4(1-2-6(5)13)7(20)9(14,15)11(18,19)10(16,17)8(21)22/h1-3H,(H,21,22). The molecule has 0 spiro atoms. The third-order valence-electron chi connectivity index (χ3n) is 2.52. The van der Waals surface area contributed by atoms with E-state index in [1.807, 2.05) is 0 Å². The van der Waals surface area contributed by atoms with Crippen molar-refractivity contribution in [3.8, 4) is 0 Å². The van der Waals surface area contributed by atoms with Crippen molar-refractivity contribution in [1.82, 2.24) is 0 Å². The summed E-state index contributed by atoms with van der Waals surface area (Å²) in [6.07, 6.45) is 0. The number of carboxylic acid groups (broad SMARTS) is 1.